The fourth-order valence-corrected chi connectivity index (χ4v) is 0. The molecule has 0 aliphatic carbocycles. The van der Waals surface area contributed by atoms with Crippen molar-refractivity contribution in [2.75, 3.05) is 0 Å². The van der Waals surface area contributed by atoms with Gasteiger partial charge in [-0.25, -0.2) is 0 Å². The van der Waals surface area contributed by atoms with E-state index in [1.807, 2.05) is 0 Å². The van der Waals surface area contributed by atoms with Gasteiger partial charge in [-0.2, -0.15) is 0 Å². The third-order valence-electron chi connectivity index (χ3n) is 0. The van der Waals surface area contributed by atoms with Crippen LogP contribution in [0.3, 0.4) is 0 Å². The fourth-order valence-electron chi connectivity index (χ4n) is 0. The second-order valence-corrected chi connectivity index (χ2v) is 11.9. The van der Waals surface area contributed by atoms with Crippen LogP contribution in [-0.4, -0.2) is 14.7 Å². The standard InChI is InChI=1S/H3O2PS2.H3OPS2.HPS2/c1-3(2,4)5;1-2(3)4;2-1-3/h(H3,1,2,4,5);2H,(H2,1,3,4);(H,2,3). The van der Waals surface area contributed by atoms with Crippen LogP contribution in [0, 0.1) is 0 Å². The Morgan fingerprint density at radius 3 is 1.42 bits per heavy atom. The van der Waals surface area contributed by atoms with E-state index in [2.05, 4.69) is 72.2 Å². The van der Waals surface area contributed by atoms with Crippen LogP contribution in [0.15, 0.2) is 0 Å². The lowest BCUT2D eigenvalue weighted by atomic mass is 15.9. The monoisotopic (exact) mass is 340 g/mol. The van der Waals surface area contributed by atoms with Crippen molar-refractivity contribution in [2.45, 2.75) is 0 Å². The smallest absolute Gasteiger partial charge is 0.239 e. The van der Waals surface area contributed by atoms with Gasteiger partial charge in [-0.15, -0.1) is 24.5 Å². The number of hydrogen-bond donors (Lipinski definition) is 6. The third kappa shape index (κ3) is 233. The molecular formula is H7O3P3S6. The molecule has 0 bridgehead atoms. The molecule has 0 heterocycles. The van der Waals surface area contributed by atoms with Gasteiger partial charge in [-0.3, -0.25) is 0 Å². The van der Waals surface area contributed by atoms with Crippen molar-refractivity contribution in [3.8, 4) is 0 Å². The summed E-state index contributed by atoms with van der Waals surface area (Å²) in [5.74, 6) is 0. The summed E-state index contributed by atoms with van der Waals surface area (Å²) < 4.78 is 0. The highest BCUT2D eigenvalue weighted by atomic mass is 32.9. The zero-order valence-electron chi connectivity index (χ0n) is 5.30. The molecule has 0 aliphatic heterocycles. The molecule has 0 spiro atoms. The van der Waals surface area contributed by atoms with Crippen molar-refractivity contribution in [3.63, 3.8) is 0 Å². The second-order valence-electron chi connectivity index (χ2n) is 0.878. The van der Waals surface area contributed by atoms with Gasteiger partial charge >= 0.3 is 0 Å². The SMILES string of the molecule is OP(O)(=S)S.O[PH](=S)S.S=PS. The molecule has 0 aromatic rings. The summed E-state index contributed by atoms with van der Waals surface area (Å²) in [5, 5.41) is 0. The molecule has 0 rings (SSSR count). The van der Waals surface area contributed by atoms with Crippen molar-refractivity contribution in [1.29, 1.82) is 0 Å². The Kier molecular flexibility index (Phi) is 23.1. The normalized spacial score (nSPS) is 11.8. The Bertz CT molecular complexity index is 149. The van der Waals surface area contributed by atoms with Gasteiger partial charge in [-0.1, -0.05) is 24.1 Å². The van der Waals surface area contributed by atoms with Crippen LogP contribution in [-0.2, 0) is 35.4 Å². The fraction of sp³-hybridized carbons (Fsp3) is 0. The summed E-state index contributed by atoms with van der Waals surface area (Å²) in [4.78, 5) is 23.6. The van der Waals surface area contributed by atoms with Crippen LogP contribution >= 0.6 is 55.1 Å². The van der Waals surface area contributed by atoms with E-state index in [0.29, 0.717) is 6.56 Å². The molecule has 0 aliphatic rings. The molecule has 12 heteroatoms. The van der Waals surface area contributed by atoms with E-state index in [-0.39, 0.29) is 0 Å². The van der Waals surface area contributed by atoms with Gasteiger partial charge in [0, 0.05) is 6.56 Å². The van der Waals surface area contributed by atoms with Crippen LogP contribution in [0.25, 0.3) is 0 Å². The molecule has 0 saturated carbocycles. The molecule has 12 heavy (non-hydrogen) atoms. The Hall–Kier alpha value is 2.75. The average Bonchev–Trinajstić information content (AvgIpc) is 1.56. The van der Waals surface area contributed by atoms with Gasteiger partial charge < -0.3 is 14.7 Å². The highest BCUT2D eigenvalue weighted by molar-refractivity contribution is 8.59. The van der Waals surface area contributed by atoms with E-state index in [1.165, 1.54) is 0 Å². The zero-order valence-corrected chi connectivity index (χ0v) is 13.2. The molecular weight excluding hydrogens is 333 g/mol. The van der Waals surface area contributed by atoms with Gasteiger partial charge in [0.25, 0.3) is 0 Å². The largest absolute Gasteiger partial charge is 0.359 e. The molecule has 0 amide bonds. The first-order valence-electron chi connectivity index (χ1n) is 1.82. The first kappa shape index (κ1) is 20.2. The minimum atomic E-state index is -3.11. The predicted molar refractivity (Wildman–Crippen MR) is 77.9 cm³/mol. The van der Waals surface area contributed by atoms with E-state index in [1.54, 1.807) is 0 Å². The summed E-state index contributed by atoms with van der Waals surface area (Å²) in [6, 6.07) is 0. The van der Waals surface area contributed by atoms with Gasteiger partial charge in [-0.05, 0) is 23.6 Å². The van der Waals surface area contributed by atoms with Crippen molar-refractivity contribution < 1.29 is 14.7 Å². The van der Waals surface area contributed by atoms with Crippen molar-refractivity contribution in [2.24, 2.45) is 0 Å². The molecule has 0 saturated heterocycles. The summed E-state index contributed by atoms with van der Waals surface area (Å²) in [7, 11) is 0. The topological polar surface area (TPSA) is 60.7 Å². The van der Waals surface area contributed by atoms with Gasteiger partial charge in [0.2, 0.25) is 5.69 Å². The van der Waals surface area contributed by atoms with Crippen LogP contribution in [0.1, 0.15) is 0 Å². The average molecular weight is 340 g/mol. The second kappa shape index (κ2) is 13.8. The van der Waals surface area contributed by atoms with E-state index >= 15 is 0 Å². The highest BCUT2D eigenvalue weighted by Gasteiger charge is 1.90. The molecule has 0 fully saturated rings. The van der Waals surface area contributed by atoms with Crippen LogP contribution in [0.2, 0.25) is 0 Å². The Morgan fingerprint density at radius 2 is 1.42 bits per heavy atom. The predicted octanol–water partition coefficient (Wildman–Crippen LogP) is 1.78. The summed E-state index contributed by atoms with van der Waals surface area (Å²) in [6.45, 7) is 0.694. The molecule has 3 nitrogen and oxygen atoms in total. The zero-order chi connectivity index (χ0) is 10.8. The summed E-state index contributed by atoms with van der Waals surface area (Å²) in [6.07, 6.45) is -1.60. The quantitative estimate of drug-likeness (QED) is 0.299. The minimum Gasteiger partial charge on any atom is -0.359 e. The van der Waals surface area contributed by atoms with E-state index in [4.69, 9.17) is 14.7 Å². The molecule has 1 atom stereocenters. The lowest BCUT2D eigenvalue weighted by molar-refractivity contribution is 0.503. The van der Waals surface area contributed by atoms with Crippen LogP contribution < -0.4 is 0 Å². The van der Waals surface area contributed by atoms with E-state index in [9.17, 15) is 0 Å². The van der Waals surface area contributed by atoms with Gasteiger partial charge in [0.15, 0.2) is 0 Å². The highest BCUT2D eigenvalue weighted by Crippen LogP contribution is 2.39. The summed E-state index contributed by atoms with van der Waals surface area (Å²) >= 11 is 22.5. The Balaban J connectivity index is -0.000000105. The van der Waals surface area contributed by atoms with Crippen LogP contribution in [0.5, 0.6) is 0 Å². The maximum Gasteiger partial charge on any atom is 0.239 e. The molecule has 0 aromatic heterocycles. The molecule has 76 valence electrons. The first-order valence-corrected chi connectivity index (χ1v) is 12.6. The van der Waals surface area contributed by atoms with Gasteiger partial charge in [0.1, 0.15) is 6.13 Å². The number of hydrogen-bond acceptors (Lipinski definition) is 3. The molecule has 0 radical (unpaired) electrons. The third-order valence-corrected chi connectivity index (χ3v) is 0. The summed E-state index contributed by atoms with van der Waals surface area (Å²) in [5.41, 5.74) is -3.11. The van der Waals surface area contributed by atoms with Crippen molar-refractivity contribution in [1.82, 2.24) is 0 Å². The maximum absolute atomic E-state index is 7.87. The van der Waals surface area contributed by atoms with E-state index < -0.39 is 11.8 Å². The maximum atomic E-state index is 7.87. The molecule has 1 unspecified atom stereocenters. The lowest BCUT2D eigenvalue weighted by Crippen LogP contribution is -1.53. The number of thiol groups is 3. The van der Waals surface area contributed by atoms with Gasteiger partial charge in [0.05, 0.1) is 0 Å². The Morgan fingerprint density at radius 1 is 1.42 bits per heavy atom. The molecule has 3 N–H and O–H groups in total. The molecule has 0 aromatic carbocycles. The first-order chi connectivity index (χ1) is 5.15. The van der Waals surface area contributed by atoms with Crippen molar-refractivity contribution >= 4 is 90.5 Å². The minimum absolute atomic E-state index is 0.694. The Labute approximate surface area is 104 Å². The number of rotatable bonds is 0. The van der Waals surface area contributed by atoms with E-state index in [0.717, 1.165) is 0 Å². The van der Waals surface area contributed by atoms with Crippen LogP contribution in [0.4, 0.5) is 0 Å². The van der Waals surface area contributed by atoms with Crippen molar-refractivity contribution in [3.05, 3.63) is 0 Å². The lowest BCUT2D eigenvalue weighted by Gasteiger charge is -1.88.